The topological polar surface area (TPSA) is 66.5 Å². The summed E-state index contributed by atoms with van der Waals surface area (Å²) in [6.45, 7) is 3.45. The lowest BCUT2D eigenvalue weighted by Crippen LogP contribution is -2.46. The number of carbonyl (C=O) groups is 1. The first-order valence-corrected chi connectivity index (χ1v) is 13.5. The zero-order valence-electron chi connectivity index (χ0n) is 18.1. The third-order valence-corrected chi connectivity index (χ3v) is 8.49. The Bertz CT molecular complexity index is 931. The highest BCUT2D eigenvalue weighted by Crippen LogP contribution is 2.21. The third-order valence-electron chi connectivity index (χ3n) is 5.55. The molecular formula is C24H32N2O3S2. The molecule has 1 aliphatic rings. The summed E-state index contributed by atoms with van der Waals surface area (Å²) in [5.41, 5.74) is 2.38. The molecule has 7 heteroatoms. The van der Waals surface area contributed by atoms with Crippen LogP contribution in [0.5, 0.6) is 0 Å². The van der Waals surface area contributed by atoms with E-state index in [2.05, 4.69) is 36.5 Å². The average molecular weight is 461 g/mol. The number of hydrogen-bond acceptors (Lipinski definition) is 4. The van der Waals surface area contributed by atoms with Gasteiger partial charge in [-0.05, 0) is 50.3 Å². The second-order valence-corrected chi connectivity index (χ2v) is 11.3. The number of thioether (sulfide) groups is 1. The summed E-state index contributed by atoms with van der Waals surface area (Å²) >= 11 is 1.71. The van der Waals surface area contributed by atoms with Gasteiger partial charge >= 0.3 is 0 Å². The van der Waals surface area contributed by atoms with Crippen molar-refractivity contribution < 1.29 is 13.2 Å². The lowest BCUT2D eigenvalue weighted by Gasteiger charge is -2.31. The normalized spacial score (nSPS) is 17.4. The van der Waals surface area contributed by atoms with Crippen LogP contribution in [0, 0.1) is 12.8 Å². The molecule has 1 heterocycles. The van der Waals surface area contributed by atoms with E-state index in [0.29, 0.717) is 26.1 Å². The minimum atomic E-state index is -3.34. The predicted molar refractivity (Wildman–Crippen MR) is 128 cm³/mol. The van der Waals surface area contributed by atoms with E-state index in [1.165, 1.54) is 14.8 Å². The van der Waals surface area contributed by atoms with Crippen LogP contribution in [0.25, 0.3) is 0 Å². The molecule has 2 aromatic carbocycles. The molecule has 1 fully saturated rings. The molecule has 5 nitrogen and oxygen atoms in total. The molecule has 1 amide bonds. The van der Waals surface area contributed by atoms with Gasteiger partial charge in [-0.1, -0.05) is 48.0 Å². The maximum Gasteiger partial charge on any atom is 0.224 e. The molecule has 1 atom stereocenters. The summed E-state index contributed by atoms with van der Waals surface area (Å²) in [6.07, 6.45) is 2.81. The molecule has 1 aliphatic heterocycles. The van der Waals surface area contributed by atoms with Gasteiger partial charge in [0.1, 0.15) is 0 Å². The largest absolute Gasteiger partial charge is 0.355 e. The van der Waals surface area contributed by atoms with Crippen LogP contribution in [-0.4, -0.2) is 49.8 Å². The van der Waals surface area contributed by atoms with Crippen LogP contribution in [-0.2, 0) is 21.2 Å². The smallest absolute Gasteiger partial charge is 0.224 e. The average Bonchev–Trinajstić information content (AvgIpc) is 2.78. The molecule has 31 heavy (non-hydrogen) atoms. The first kappa shape index (κ1) is 23.8. The number of nitrogens with zero attached hydrogens (tertiary/aromatic N) is 1. The van der Waals surface area contributed by atoms with Crippen molar-refractivity contribution in [2.45, 2.75) is 37.5 Å². The molecule has 1 saturated heterocycles. The van der Waals surface area contributed by atoms with E-state index in [-0.39, 0.29) is 17.6 Å². The third kappa shape index (κ3) is 7.66. The summed E-state index contributed by atoms with van der Waals surface area (Å²) in [4.78, 5) is 13.8. The van der Waals surface area contributed by atoms with Crippen molar-refractivity contribution in [1.82, 2.24) is 9.62 Å². The Morgan fingerprint density at radius 2 is 1.87 bits per heavy atom. The Balaban J connectivity index is 1.40. The van der Waals surface area contributed by atoms with Crippen molar-refractivity contribution in [3.05, 3.63) is 65.7 Å². The fourth-order valence-corrected chi connectivity index (χ4v) is 6.11. The number of rotatable bonds is 10. The van der Waals surface area contributed by atoms with Gasteiger partial charge in [-0.2, -0.15) is 0 Å². The summed E-state index contributed by atoms with van der Waals surface area (Å²) in [7, 11) is -3.34. The van der Waals surface area contributed by atoms with Crippen molar-refractivity contribution >= 4 is 27.7 Å². The molecule has 3 rings (SSSR count). The summed E-state index contributed by atoms with van der Waals surface area (Å²) < 4.78 is 27.1. The Morgan fingerprint density at radius 1 is 1.13 bits per heavy atom. The number of hydrogen-bond donors (Lipinski definition) is 1. The van der Waals surface area contributed by atoms with Crippen LogP contribution in [0.1, 0.15) is 30.4 Å². The first-order chi connectivity index (χ1) is 14.9. The molecule has 0 saturated carbocycles. The van der Waals surface area contributed by atoms with Gasteiger partial charge in [0.15, 0.2) is 0 Å². The molecule has 0 unspecified atom stereocenters. The number of aryl methyl sites for hydroxylation is 2. The molecular weight excluding hydrogens is 428 g/mol. The minimum Gasteiger partial charge on any atom is -0.355 e. The molecule has 0 aliphatic carbocycles. The standard InChI is InChI=1S/C24H32N2O3S2/c1-20-11-13-23(14-12-20)30-17-15-25-24(27)22-10-5-16-26(19-22)31(28,29)18-6-9-21-7-3-2-4-8-21/h2-4,7-8,11-14,22H,5-6,9-10,15-19H2,1H3,(H,25,27)/t22-/m1/s1. The van der Waals surface area contributed by atoms with Gasteiger partial charge < -0.3 is 5.32 Å². The highest BCUT2D eigenvalue weighted by Gasteiger charge is 2.31. The van der Waals surface area contributed by atoms with E-state index >= 15 is 0 Å². The second kappa shape index (κ2) is 11.7. The first-order valence-electron chi connectivity index (χ1n) is 10.9. The molecule has 0 bridgehead atoms. The number of piperidine rings is 1. The molecule has 0 radical (unpaired) electrons. The van der Waals surface area contributed by atoms with Crippen LogP contribution in [0.2, 0.25) is 0 Å². The van der Waals surface area contributed by atoms with Gasteiger partial charge in [0.25, 0.3) is 0 Å². The van der Waals surface area contributed by atoms with Crippen LogP contribution in [0.15, 0.2) is 59.5 Å². The van der Waals surface area contributed by atoms with E-state index in [0.717, 1.165) is 30.6 Å². The Morgan fingerprint density at radius 3 is 2.61 bits per heavy atom. The van der Waals surface area contributed by atoms with E-state index in [4.69, 9.17) is 0 Å². The number of nitrogens with one attached hydrogen (secondary N) is 1. The minimum absolute atomic E-state index is 0.0336. The molecule has 1 N–H and O–H groups in total. The molecule has 0 spiro atoms. The van der Waals surface area contributed by atoms with Gasteiger partial charge in [0.2, 0.25) is 15.9 Å². The van der Waals surface area contributed by atoms with Crippen molar-refractivity contribution in [3.63, 3.8) is 0 Å². The summed E-state index contributed by atoms with van der Waals surface area (Å²) in [6, 6.07) is 18.3. The predicted octanol–water partition coefficient (Wildman–Crippen LogP) is 3.88. The lowest BCUT2D eigenvalue weighted by molar-refractivity contribution is -0.125. The Labute approximate surface area is 190 Å². The van der Waals surface area contributed by atoms with E-state index in [1.807, 2.05) is 30.3 Å². The number of carbonyl (C=O) groups excluding carboxylic acids is 1. The number of benzene rings is 2. The van der Waals surface area contributed by atoms with E-state index in [9.17, 15) is 13.2 Å². The van der Waals surface area contributed by atoms with Crippen LogP contribution >= 0.6 is 11.8 Å². The van der Waals surface area contributed by atoms with Gasteiger partial charge in [-0.15, -0.1) is 11.8 Å². The van der Waals surface area contributed by atoms with Crippen LogP contribution < -0.4 is 5.32 Å². The van der Waals surface area contributed by atoms with Crippen molar-refractivity contribution in [2.75, 3.05) is 31.1 Å². The zero-order chi connectivity index (χ0) is 22.1. The van der Waals surface area contributed by atoms with Crippen LogP contribution in [0.4, 0.5) is 0 Å². The number of sulfonamides is 1. The molecule has 2 aromatic rings. The van der Waals surface area contributed by atoms with Gasteiger partial charge in [-0.3, -0.25) is 4.79 Å². The molecule has 0 aromatic heterocycles. The maximum absolute atomic E-state index is 12.8. The molecule has 168 valence electrons. The Kier molecular flexibility index (Phi) is 8.99. The van der Waals surface area contributed by atoms with Gasteiger partial charge in [0, 0.05) is 30.3 Å². The highest BCUT2D eigenvalue weighted by molar-refractivity contribution is 7.99. The Hall–Kier alpha value is -1.83. The SMILES string of the molecule is Cc1ccc(SCCNC(=O)[C@@H]2CCCN(S(=O)(=O)CCCc3ccccc3)C2)cc1. The fourth-order valence-electron chi connectivity index (χ4n) is 3.76. The zero-order valence-corrected chi connectivity index (χ0v) is 19.8. The van der Waals surface area contributed by atoms with Gasteiger partial charge in [-0.25, -0.2) is 12.7 Å². The second-order valence-electron chi connectivity index (χ2n) is 8.05. The van der Waals surface area contributed by atoms with Crippen molar-refractivity contribution in [3.8, 4) is 0 Å². The summed E-state index contributed by atoms with van der Waals surface area (Å²) in [5.74, 6) is 0.627. The maximum atomic E-state index is 12.8. The monoisotopic (exact) mass is 460 g/mol. The van der Waals surface area contributed by atoms with Crippen LogP contribution in [0.3, 0.4) is 0 Å². The summed E-state index contributed by atoms with van der Waals surface area (Å²) in [5, 5.41) is 2.99. The van der Waals surface area contributed by atoms with E-state index in [1.54, 1.807) is 11.8 Å². The quantitative estimate of drug-likeness (QED) is 0.432. The fraction of sp³-hybridized carbons (Fsp3) is 0.458. The van der Waals surface area contributed by atoms with Crippen molar-refractivity contribution in [2.24, 2.45) is 5.92 Å². The highest BCUT2D eigenvalue weighted by atomic mass is 32.2. The van der Waals surface area contributed by atoms with Crippen molar-refractivity contribution in [1.29, 1.82) is 0 Å². The lowest BCUT2D eigenvalue weighted by atomic mass is 9.99. The van der Waals surface area contributed by atoms with E-state index < -0.39 is 10.0 Å². The number of amides is 1. The van der Waals surface area contributed by atoms with Gasteiger partial charge in [0.05, 0.1) is 11.7 Å².